The summed E-state index contributed by atoms with van der Waals surface area (Å²) in [6.07, 6.45) is 1.58. The zero-order valence-corrected chi connectivity index (χ0v) is 8.55. The Balaban J connectivity index is 2.99. The number of benzene rings is 1. The van der Waals surface area contributed by atoms with E-state index in [4.69, 9.17) is 0 Å². The molecule has 0 heterocycles. The van der Waals surface area contributed by atoms with Gasteiger partial charge in [-0.2, -0.15) is 0 Å². The number of aryl methyl sites for hydroxylation is 2. The van der Waals surface area contributed by atoms with Crippen molar-refractivity contribution >= 4 is 5.78 Å². The third kappa shape index (κ3) is 2.69. The SMILES string of the molecule is CCc1cc(C)ccc1CC(C)=O. The van der Waals surface area contributed by atoms with Gasteiger partial charge in [-0.3, -0.25) is 4.79 Å². The largest absolute Gasteiger partial charge is 0.300 e. The molecule has 13 heavy (non-hydrogen) atoms. The Morgan fingerprint density at radius 3 is 2.54 bits per heavy atom. The van der Waals surface area contributed by atoms with Gasteiger partial charge in [0.1, 0.15) is 5.78 Å². The second kappa shape index (κ2) is 4.22. The highest BCUT2D eigenvalue weighted by molar-refractivity contribution is 5.78. The molecule has 0 saturated carbocycles. The van der Waals surface area contributed by atoms with Crippen LogP contribution < -0.4 is 0 Å². The van der Waals surface area contributed by atoms with E-state index in [1.165, 1.54) is 16.7 Å². The van der Waals surface area contributed by atoms with E-state index < -0.39 is 0 Å². The Bertz CT molecular complexity index is 313. The van der Waals surface area contributed by atoms with Crippen LogP contribution in [0.15, 0.2) is 18.2 Å². The first-order chi connectivity index (χ1) is 6.13. The van der Waals surface area contributed by atoms with Crippen LogP contribution >= 0.6 is 0 Å². The molecule has 1 aromatic rings. The maximum atomic E-state index is 11.0. The van der Waals surface area contributed by atoms with E-state index in [2.05, 4.69) is 32.0 Å². The first-order valence-corrected chi connectivity index (χ1v) is 4.71. The highest BCUT2D eigenvalue weighted by Gasteiger charge is 2.03. The molecule has 1 heteroatoms. The molecule has 0 aliphatic heterocycles. The minimum absolute atomic E-state index is 0.235. The van der Waals surface area contributed by atoms with Gasteiger partial charge in [0, 0.05) is 6.42 Å². The molecule has 1 nitrogen and oxygen atoms in total. The lowest BCUT2D eigenvalue weighted by molar-refractivity contribution is -0.116. The third-order valence-corrected chi connectivity index (χ3v) is 2.18. The molecule has 1 aromatic carbocycles. The molecule has 0 radical (unpaired) electrons. The van der Waals surface area contributed by atoms with Crippen LogP contribution in [-0.4, -0.2) is 5.78 Å². The minimum atomic E-state index is 0.235. The van der Waals surface area contributed by atoms with Crippen molar-refractivity contribution in [2.24, 2.45) is 0 Å². The van der Waals surface area contributed by atoms with Crippen LogP contribution in [0.25, 0.3) is 0 Å². The summed E-state index contributed by atoms with van der Waals surface area (Å²) in [5.74, 6) is 0.235. The molecule has 70 valence electrons. The number of ketones is 1. The van der Waals surface area contributed by atoms with Crippen LogP contribution in [0, 0.1) is 6.92 Å². The van der Waals surface area contributed by atoms with Crippen molar-refractivity contribution in [3.8, 4) is 0 Å². The average molecular weight is 176 g/mol. The summed E-state index contributed by atoms with van der Waals surface area (Å²) in [6, 6.07) is 6.30. The first kappa shape index (κ1) is 9.97. The van der Waals surface area contributed by atoms with Crippen LogP contribution in [0.5, 0.6) is 0 Å². The normalized spacial score (nSPS) is 10.1. The molecule has 0 aromatic heterocycles. The van der Waals surface area contributed by atoms with Gasteiger partial charge in [0.2, 0.25) is 0 Å². The number of rotatable bonds is 3. The Morgan fingerprint density at radius 1 is 1.31 bits per heavy atom. The van der Waals surface area contributed by atoms with E-state index in [1.54, 1.807) is 6.92 Å². The molecule has 0 aliphatic rings. The predicted octanol–water partition coefficient (Wildman–Crippen LogP) is 2.69. The van der Waals surface area contributed by atoms with Crippen LogP contribution in [0.2, 0.25) is 0 Å². The quantitative estimate of drug-likeness (QED) is 0.692. The standard InChI is InChI=1S/C12H16O/c1-4-11-7-9(2)5-6-12(11)8-10(3)13/h5-7H,4,8H2,1-3H3. The smallest absolute Gasteiger partial charge is 0.134 e. The van der Waals surface area contributed by atoms with E-state index >= 15 is 0 Å². The summed E-state index contributed by atoms with van der Waals surface area (Å²) < 4.78 is 0. The fraction of sp³-hybridized carbons (Fsp3) is 0.417. The Labute approximate surface area is 79.8 Å². The number of Topliss-reactive ketones (excluding diaryl/α,β-unsaturated/α-hetero) is 1. The maximum Gasteiger partial charge on any atom is 0.134 e. The minimum Gasteiger partial charge on any atom is -0.300 e. The monoisotopic (exact) mass is 176 g/mol. The van der Waals surface area contributed by atoms with Gasteiger partial charge < -0.3 is 0 Å². The van der Waals surface area contributed by atoms with Crippen LogP contribution in [0.3, 0.4) is 0 Å². The summed E-state index contributed by atoms with van der Waals surface area (Å²) in [7, 11) is 0. The fourth-order valence-corrected chi connectivity index (χ4v) is 1.52. The highest BCUT2D eigenvalue weighted by atomic mass is 16.1. The van der Waals surface area contributed by atoms with Crippen molar-refractivity contribution in [1.29, 1.82) is 0 Å². The molecular weight excluding hydrogens is 160 g/mol. The number of carbonyl (C=O) groups is 1. The molecule has 0 atom stereocenters. The molecule has 0 fully saturated rings. The third-order valence-electron chi connectivity index (χ3n) is 2.18. The lowest BCUT2D eigenvalue weighted by Crippen LogP contribution is -2.00. The molecule has 0 unspecified atom stereocenters. The van der Waals surface area contributed by atoms with Gasteiger partial charge in [0.15, 0.2) is 0 Å². The molecular formula is C12H16O. The van der Waals surface area contributed by atoms with E-state index in [9.17, 15) is 4.79 Å². The van der Waals surface area contributed by atoms with E-state index in [0.29, 0.717) is 6.42 Å². The molecule has 0 bridgehead atoms. The van der Waals surface area contributed by atoms with Crippen LogP contribution in [0.1, 0.15) is 30.5 Å². The summed E-state index contributed by atoms with van der Waals surface area (Å²) >= 11 is 0. The van der Waals surface area contributed by atoms with E-state index in [-0.39, 0.29) is 5.78 Å². The summed E-state index contributed by atoms with van der Waals surface area (Å²) in [6.45, 7) is 5.84. The molecule has 0 saturated heterocycles. The van der Waals surface area contributed by atoms with Crippen molar-refractivity contribution in [3.63, 3.8) is 0 Å². The lowest BCUT2D eigenvalue weighted by Gasteiger charge is -2.06. The second-order valence-corrected chi connectivity index (χ2v) is 3.50. The van der Waals surface area contributed by atoms with Gasteiger partial charge in [-0.15, -0.1) is 0 Å². The summed E-state index contributed by atoms with van der Waals surface area (Å²) in [4.78, 5) is 11.0. The topological polar surface area (TPSA) is 17.1 Å². The first-order valence-electron chi connectivity index (χ1n) is 4.71. The van der Waals surface area contributed by atoms with Gasteiger partial charge in [-0.1, -0.05) is 30.7 Å². The van der Waals surface area contributed by atoms with Crippen molar-refractivity contribution < 1.29 is 4.79 Å². The van der Waals surface area contributed by atoms with Crippen molar-refractivity contribution in [1.82, 2.24) is 0 Å². The predicted molar refractivity (Wildman–Crippen MR) is 54.9 cm³/mol. The van der Waals surface area contributed by atoms with Gasteiger partial charge >= 0.3 is 0 Å². The van der Waals surface area contributed by atoms with Crippen molar-refractivity contribution in [3.05, 3.63) is 34.9 Å². The fourth-order valence-electron chi connectivity index (χ4n) is 1.52. The summed E-state index contributed by atoms with van der Waals surface area (Å²) in [5, 5.41) is 0. The lowest BCUT2D eigenvalue weighted by atomic mass is 9.99. The number of hydrogen-bond acceptors (Lipinski definition) is 1. The Kier molecular flexibility index (Phi) is 3.24. The van der Waals surface area contributed by atoms with Gasteiger partial charge in [-0.05, 0) is 31.4 Å². The number of carbonyl (C=O) groups excluding carboxylic acids is 1. The molecule has 0 amide bonds. The highest BCUT2D eigenvalue weighted by Crippen LogP contribution is 2.13. The Morgan fingerprint density at radius 2 is 2.00 bits per heavy atom. The zero-order valence-electron chi connectivity index (χ0n) is 8.55. The average Bonchev–Trinajstić information content (AvgIpc) is 2.07. The van der Waals surface area contributed by atoms with Gasteiger partial charge in [0.25, 0.3) is 0 Å². The molecule has 1 rings (SSSR count). The molecule has 0 aliphatic carbocycles. The zero-order chi connectivity index (χ0) is 9.84. The maximum absolute atomic E-state index is 11.0. The Hall–Kier alpha value is -1.11. The van der Waals surface area contributed by atoms with E-state index in [1.807, 2.05) is 0 Å². The number of hydrogen-bond donors (Lipinski definition) is 0. The molecule has 0 N–H and O–H groups in total. The summed E-state index contributed by atoms with van der Waals surface area (Å²) in [5.41, 5.74) is 3.75. The van der Waals surface area contributed by atoms with Crippen LogP contribution in [-0.2, 0) is 17.6 Å². The second-order valence-electron chi connectivity index (χ2n) is 3.50. The van der Waals surface area contributed by atoms with Crippen molar-refractivity contribution in [2.45, 2.75) is 33.6 Å². The van der Waals surface area contributed by atoms with Gasteiger partial charge in [0.05, 0.1) is 0 Å². The van der Waals surface area contributed by atoms with Crippen LogP contribution in [0.4, 0.5) is 0 Å². The van der Waals surface area contributed by atoms with E-state index in [0.717, 1.165) is 6.42 Å². The van der Waals surface area contributed by atoms with Gasteiger partial charge in [-0.25, -0.2) is 0 Å². The van der Waals surface area contributed by atoms with Crippen molar-refractivity contribution in [2.75, 3.05) is 0 Å². The molecule has 0 spiro atoms.